The number of H-pyrrole nitrogens is 1. The number of nitrogens with zero attached hydrogens (tertiary/aromatic N) is 4. The number of benzene rings is 2. The van der Waals surface area contributed by atoms with Crippen LogP contribution in [0.3, 0.4) is 0 Å². The number of halogens is 2. The Hall–Kier alpha value is -3.73. The molecule has 0 aliphatic heterocycles. The molecule has 9 nitrogen and oxygen atoms in total. The molecule has 0 spiro atoms. The summed E-state index contributed by atoms with van der Waals surface area (Å²) in [7, 11) is 3.07. The van der Waals surface area contributed by atoms with Gasteiger partial charge in [-0.05, 0) is 35.9 Å². The van der Waals surface area contributed by atoms with Crippen LogP contribution in [0.25, 0.3) is 11.2 Å². The van der Waals surface area contributed by atoms with Crippen molar-refractivity contribution in [3.05, 3.63) is 84.7 Å². The zero-order valence-electron chi connectivity index (χ0n) is 17.1. The highest BCUT2D eigenvalue weighted by Crippen LogP contribution is 2.22. The molecular weight excluding hydrogens is 483 g/mol. The van der Waals surface area contributed by atoms with Crippen molar-refractivity contribution in [1.29, 1.82) is 0 Å². The van der Waals surface area contributed by atoms with Gasteiger partial charge in [0.15, 0.2) is 11.2 Å². The van der Waals surface area contributed by atoms with Gasteiger partial charge in [-0.1, -0.05) is 28.1 Å². The van der Waals surface area contributed by atoms with Gasteiger partial charge in [-0.2, -0.15) is 10.1 Å². The van der Waals surface area contributed by atoms with E-state index in [0.717, 1.165) is 10.0 Å². The Morgan fingerprint density at radius 3 is 2.72 bits per heavy atom. The van der Waals surface area contributed by atoms with Crippen LogP contribution in [-0.4, -0.2) is 32.4 Å². The molecule has 4 aromatic rings. The molecule has 0 aliphatic rings. The fourth-order valence-corrected chi connectivity index (χ4v) is 3.59. The summed E-state index contributed by atoms with van der Waals surface area (Å²) in [5.74, 6) is 0.494. The maximum atomic E-state index is 13.3. The van der Waals surface area contributed by atoms with Crippen LogP contribution in [0.5, 0.6) is 5.75 Å². The van der Waals surface area contributed by atoms with E-state index in [1.807, 2.05) is 12.1 Å². The molecule has 11 heteroatoms. The van der Waals surface area contributed by atoms with Gasteiger partial charge in [0.25, 0.3) is 5.56 Å². The van der Waals surface area contributed by atoms with Crippen molar-refractivity contribution >= 4 is 39.3 Å². The van der Waals surface area contributed by atoms with Crippen LogP contribution in [0.4, 0.5) is 10.3 Å². The Balaban J connectivity index is 1.78. The highest BCUT2D eigenvalue weighted by molar-refractivity contribution is 9.10. The van der Waals surface area contributed by atoms with Crippen LogP contribution >= 0.6 is 15.9 Å². The molecule has 0 radical (unpaired) electrons. The van der Waals surface area contributed by atoms with Crippen molar-refractivity contribution in [3.8, 4) is 5.75 Å². The first-order valence-corrected chi connectivity index (χ1v) is 10.2. The molecule has 164 valence electrons. The smallest absolute Gasteiger partial charge is 0.329 e. The first-order chi connectivity index (χ1) is 15.4. The Kier molecular flexibility index (Phi) is 5.91. The largest absolute Gasteiger partial charge is 0.496 e. The average Bonchev–Trinajstić information content (AvgIpc) is 3.13. The Morgan fingerprint density at radius 1 is 1.25 bits per heavy atom. The van der Waals surface area contributed by atoms with E-state index in [9.17, 15) is 14.0 Å². The number of aromatic amines is 1. The molecule has 0 saturated heterocycles. The lowest BCUT2D eigenvalue weighted by molar-refractivity contribution is 0.414. The summed E-state index contributed by atoms with van der Waals surface area (Å²) < 4.78 is 22.3. The summed E-state index contributed by atoms with van der Waals surface area (Å²) in [6, 6.07) is 11.4. The minimum absolute atomic E-state index is 0.189. The number of methoxy groups -OCH3 is 1. The van der Waals surface area contributed by atoms with E-state index in [1.54, 1.807) is 36.1 Å². The predicted molar refractivity (Wildman–Crippen MR) is 123 cm³/mol. The van der Waals surface area contributed by atoms with Gasteiger partial charge in [0.1, 0.15) is 11.6 Å². The number of imidazole rings is 1. The third kappa shape index (κ3) is 4.19. The molecule has 4 rings (SSSR count). The van der Waals surface area contributed by atoms with E-state index in [-0.39, 0.29) is 29.5 Å². The van der Waals surface area contributed by atoms with Gasteiger partial charge in [0.2, 0.25) is 5.95 Å². The van der Waals surface area contributed by atoms with Crippen molar-refractivity contribution in [2.45, 2.75) is 6.54 Å². The molecule has 32 heavy (non-hydrogen) atoms. The summed E-state index contributed by atoms with van der Waals surface area (Å²) in [6.45, 7) is 0.204. The molecule has 0 saturated carbocycles. The summed E-state index contributed by atoms with van der Waals surface area (Å²) in [4.78, 5) is 31.3. The molecule has 2 N–H and O–H groups in total. The standard InChI is InChI=1S/C21H18BrFN6O3/c1-28-18-17(19(30)26-21(28)31)29(11-12-3-6-15(23)7-4-12)20(25-18)27-24-10-13-9-14(22)5-8-16(13)32-2/h3-10H,11H2,1-2H3,(H,25,27)(H,26,30,31). The highest BCUT2D eigenvalue weighted by atomic mass is 79.9. The number of anilines is 1. The van der Waals surface area contributed by atoms with Crippen molar-refractivity contribution in [2.75, 3.05) is 12.5 Å². The summed E-state index contributed by atoms with van der Waals surface area (Å²) >= 11 is 3.41. The molecule has 0 fully saturated rings. The van der Waals surface area contributed by atoms with E-state index in [1.165, 1.54) is 23.7 Å². The van der Waals surface area contributed by atoms with Gasteiger partial charge < -0.3 is 4.74 Å². The number of fused-ring (bicyclic) bond motifs is 1. The van der Waals surface area contributed by atoms with Gasteiger partial charge in [-0.25, -0.2) is 14.6 Å². The van der Waals surface area contributed by atoms with Crippen LogP contribution in [0, 0.1) is 5.82 Å². The number of ether oxygens (including phenoxy) is 1. The zero-order valence-corrected chi connectivity index (χ0v) is 18.7. The van der Waals surface area contributed by atoms with Gasteiger partial charge in [0, 0.05) is 17.1 Å². The monoisotopic (exact) mass is 500 g/mol. The average molecular weight is 501 g/mol. The summed E-state index contributed by atoms with van der Waals surface area (Å²) in [5, 5.41) is 4.24. The van der Waals surface area contributed by atoms with Crippen LogP contribution in [0.1, 0.15) is 11.1 Å². The lowest BCUT2D eigenvalue weighted by Gasteiger charge is -2.09. The number of nitrogens with one attached hydrogen (secondary N) is 2. The third-order valence-corrected chi connectivity index (χ3v) is 5.31. The first kappa shape index (κ1) is 21.5. The van der Waals surface area contributed by atoms with Crippen molar-refractivity contribution < 1.29 is 9.13 Å². The van der Waals surface area contributed by atoms with E-state index < -0.39 is 11.2 Å². The Morgan fingerprint density at radius 2 is 2.00 bits per heavy atom. The number of aryl methyl sites for hydroxylation is 1. The molecule has 2 aromatic heterocycles. The van der Waals surface area contributed by atoms with Crippen LogP contribution in [0.2, 0.25) is 0 Å². The maximum absolute atomic E-state index is 13.3. The summed E-state index contributed by atoms with van der Waals surface area (Å²) in [6.07, 6.45) is 1.55. The van der Waals surface area contributed by atoms with Crippen molar-refractivity contribution in [2.24, 2.45) is 12.1 Å². The number of rotatable bonds is 6. The normalized spacial score (nSPS) is 11.4. The third-order valence-electron chi connectivity index (χ3n) is 4.82. The Labute approximate surface area is 189 Å². The molecule has 2 heterocycles. The van der Waals surface area contributed by atoms with Crippen molar-refractivity contribution in [3.63, 3.8) is 0 Å². The SMILES string of the molecule is COc1ccc(Br)cc1C=NNc1nc2c(c(=O)[nH]c(=O)n2C)n1Cc1ccc(F)cc1. The minimum Gasteiger partial charge on any atom is -0.496 e. The molecular formula is C21H18BrFN6O3. The summed E-state index contributed by atoms with van der Waals surface area (Å²) in [5.41, 5.74) is 3.50. The maximum Gasteiger partial charge on any atom is 0.329 e. The van der Waals surface area contributed by atoms with Gasteiger partial charge >= 0.3 is 5.69 Å². The quantitative estimate of drug-likeness (QED) is 0.312. The molecule has 0 atom stereocenters. The lowest BCUT2D eigenvalue weighted by Crippen LogP contribution is -2.29. The van der Waals surface area contributed by atoms with Gasteiger partial charge in [-0.15, -0.1) is 0 Å². The first-order valence-electron chi connectivity index (χ1n) is 9.44. The lowest BCUT2D eigenvalue weighted by atomic mass is 10.2. The fourth-order valence-electron chi connectivity index (χ4n) is 3.21. The molecule has 0 unspecified atom stereocenters. The second-order valence-corrected chi connectivity index (χ2v) is 7.81. The fraction of sp³-hybridized carbons (Fsp3) is 0.143. The van der Waals surface area contributed by atoms with E-state index >= 15 is 0 Å². The number of hydrogen-bond donors (Lipinski definition) is 2. The van der Waals surface area contributed by atoms with Crippen LogP contribution in [0.15, 0.2) is 61.6 Å². The van der Waals surface area contributed by atoms with Crippen LogP contribution < -0.4 is 21.4 Å². The molecule has 0 amide bonds. The van der Waals surface area contributed by atoms with Gasteiger partial charge in [-0.3, -0.25) is 18.9 Å². The number of aromatic nitrogens is 4. The molecule has 2 aromatic carbocycles. The predicted octanol–water partition coefficient (Wildman–Crippen LogP) is 2.83. The minimum atomic E-state index is -0.581. The van der Waals surface area contributed by atoms with Crippen molar-refractivity contribution in [1.82, 2.24) is 19.1 Å². The second kappa shape index (κ2) is 8.79. The van der Waals surface area contributed by atoms with E-state index in [4.69, 9.17) is 4.74 Å². The zero-order chi connectivity index (χ0) is 22.8. The molecule has 0 aliphatic carbocycles. The van der Waals surface area contributed by atoms with Gasteiger partial charge in [0.05, 0.1) is 19.9 Å². The number of hydrogen-bond acceptors (Lipinski definition) is 6. The topological polar surface area (TPSA) is 106 Å². The van der Waals surface area contributed by atoms with E-state index in [2.05, 4.69) is 36.4 Å². The second-order valence-electron chi connectivity index (χ2n) is 6.89. The number of hydrazone groups is 1. The highest BCUT2D eigenvalue weighted by Gasteiger charge is 2.17. The van der Waals surface area contributed by atoms with Crippen LogP contribution in [-0.2, 0) is 13.6 Å². The molecule has 0 bridgehead atoms. The Bertz CT molecular complexity index is 1440. The van der Waals surface area contributed by atoms with E-state index in [0.29, 0.717) is 11.3 Å².